The molecule has 0 aliphatic carbocycles. The number of methoxy groups -OCH3 is 1. The smallest absolute Gasteiger partial charge is 0.238 e. The van der Waals surface area contributed by atoms with Crippen LogP contribution >= 0.6 is 24.0 Å². The molecule has 0 atom stereocenters. The molecule has 0 aliphatic rings. The van der Waals surface area contributed by atoms with Crippen LogP contribution in [0.4, 0.5) is 0 Å². The van der Waals surface area contributed by atoms with Crippen molar-refractivity contribution in [2.75, 3.05) is 20.7 Å². The number of nitrogens with two attached hydrogens (primary N) is 1. The average Bonchev–Trinajstić information content (AvgIpc) is 2.64. The number of hydrogen-bond donors (Lipinski definition) is 3. The zero-order valence-electron chi connectivity index (χ0n) is 15.3. The quantitative estimate of drug-likeness (QED) is 0.303. The maximum absolute atomic E-state index is 11.2. The van der Waals surface area contributed by atoms with Crippen molar-refractivity contribution >= 4 is 40.0 Å². The molecule has 2 aromatic carbocycles. The predicted octanol–water partition coefficient (Wildman–Crippen LogP) is 1.87. The Morgan fingerprint density at radius 3 is 2.41 bits per heavy atom. The lowest BCUT2D eigenvalue weighted by Crippen LogP contribution is -2.37. The molecule has 0 radical (unpaired) electrons. The molecule has 0 heterocycles. The minimum Gasteiger partial charge on any atom is -0.497 e. The Balaban J connectivity index is 0.00000364. The van der Waals surface area contributed by atoms with Crippen LogP contribution in [0.3, 0.4) is 0 Å². The van der Waals surface area contributed by atoms with Crippen LogP contribution < -0.4 is 20.5 Å². The fourth-order valence-electron chi connectivity index (χ4n) is 2.36. The zero-order chi connectivity index (χ0) is 19.0. The summed E-state index contributed by atoms with van der Waals surface area (Å²) in [6, 6.07) is 14.4. The highest BCUT2D eigenvalue weighted by Gasteiger charge is 2.06. The van der Waals surface area contributed by atoms with E-state index in [1.807, 2.05) is 24.3 Å². The highest BCUT2D eigenvalue weighted by Crippen LogP contribution is 2.12. The number of halogens is 1. The van der Waals surface area contributed by atoms with Gasteiger partial charge in [-0.25, -0.2) is 13.6 Å². The first kappa shape index (κ1) is 23.2. The third-order valence-corrected chi connectivity index (χ3v) is 4.70. The first-order valence-corrected chi connectivity index (χ1v) is 9.66. The van der Waals surface area contributed by atoms with Gasteiger partial charge in [0.2, 0.25) is 10.0 Å². The van der Waals surface area contributed by atoms with Gasteiger partial charge in [-0.3, -0.25) is 4.99 Å². The Morgan fingerprint density at radius 1 is 1.11 bits per heavy atom. The van der Waals surface area contributed by atoms with Gasteiger partial charge < -0.3 is 15.4 Å². The number of nitrogens with zero attached hydrogens (tertiary/aromatic N) is 1. The normalized spacial score (nSPS) is 11.4. The Hall–Kier alpha value is -1.85. The molecule has 0 bridgehead atoms. The van der Waals surface area contributed by atoms with E-state index in [-0.39, 0.29) is 28.9 Å². The number of sulfonamides is 1. The predicted molar refractivity (Wildman–Crippen MR) is 118 cm³/mol. The van der Waals surface area contributed by atoms with E-state index in [1.165, 1.54) is 12.1 Å². The molecule has 0 saturated carbocycles. The summed E-state index contributed by atoms with van der Waals surface area (Å²) in [4.78, 5) is 4.31. The highest BCUT2D eigenvalue weighted by molar-refractivity contribution is 14.0. The number of ether oxygens (including phenoxy) is 1. The van der Waals surface area contributed by atoms with Crippen molar-refractivity contribution in [2.24, 2.45) is 10.1 Å². The molecule has 7 nitrogen and oxygen atoms in total. The van der Waals surface area contributed by atoms with Crippen LogP contribution in [0.2, 0.25) is 0 Å². The van der Waals surface area contributed by atoms with Crippen LogP contribution in [0.5, 0.6) is 5.75 Å². The SMILES string of the molecule is CN=C(NCCc1ccc(S(N)(=O)=O)cc1)NCc1cccc(OC)c1.I. The number of guanidine groups is 1. The fraction of sp³-hybridized carbons (Fsp3) is 0.278. The van der Waals surface area contributed by atoms with Gasteiger partial charge in [0.05, 0.1) is 12.0 Å². The minimum atomic E-state index is -3.65. The molecule has 0 unspecified atom stereocenters. The van der Waals surface area contributed by atoms with Crippen LogP contribution in [0.15, 0.2) is 58.4 Å². The van der Waals surface area contributed by atoms with E-state index < -0.39 is 10.0 Å². The summed E-state index contributed by atoms with van der Waals surface area (Å²) >= 11 is 0. The largest absolute Gasteiger partial charge is 0.497 e. The summed E-state index contributed by atoms with van der Waals surface area (Å²) in [5.74, 6) is 1.50. The van der Waals surface area contributed by atoms with Crippen LogP contribution in [0.25, 0.3) is 0 Å². The second-order valence-electron chi connectivity index (χ2n) is 5.64. The molecule has 0 saturated heterocycles. The van der Waals surface area contributed by atoms with Gasteiger partial charge in [0, 0.05) is 20.1 Å². The lowest BCUT2D eigenvalue weighted by Gasteiger charge is -2.12. The Bertz CT molecular complexity index is 855. The molecule has 0 aliphatic heterocycles. The van der Waals surface area contributed by atoms with Gasteiger partial charge >= 0.3 is 0 Å². The molecule has 4 N–H and O–H groups in total. The zero-order valence-corrected chi connectivity index (χ0v) is 18.5. The molecule has 148 valence electrons. The second-order valence-corrected chi connectivity index (χ2v) is 7.20. The molecule has 0 spiro atoms. The van der Waals surface area contributed by atoms with Crippen molar-refractivity contribution < 1.29 is 13.2 Å². The third-order valence-electron chi connectivity index (χ3n) is 3.78. The average molecular weight is 504 g/mol. The molecule has 2 aromatic rings. The van der Waals surface area contributed by atoms with Crippen LogP contribution in [0, 0.1) is 0 Å². The van der Waals surface area contributed by atoms with E-state index in [9.17, 15) is 8.42 Å². The minimum absolute atomic E-state index is 0. The highest BCUT2D eigenvalue weighted by atomic mass is 127. The van der Waals surface area contributed by atoms with Crippen molar-refractivity contribution in [3.05, 3.63) is 59.7 Å². The summed E-state index contributed by atoms with van der Waals surface area (Å²) < 4.78 is 27.7. The first-order chi connectivity index (χ1) is 12.4. The number of hydrogen-bond acceptors (Lipinski definition) is 4. The second kappa shape index (κ2) is 11.1. The van der Waals surface area contributed by atoms with E-state index in [2.05, 4.69) is 15.6 Å². The lowest BCUT2D eigenvalue weighted by atomic mass is 10.1. The van der Waals surface area contributed by atoms with Gasteiger partial charge in [-0.15, -0.1) is 24.0 Å². The van der Waals surface area contributed by atoms with E-state index in [1.54, 1.807) is 26.3 Å². The summed E-state index contributed by atoms with van der Waals surface area (Å²) in [6.45, 7) is 1.28. The Morgan fingerprint density at radius 2 is 1.81 bits per heavy atom. The summed E-state index contributed by atoms with van der Waals surface area (Å²) in [7, 11) is -0.298. The van der Waals surface area contributed by atoms with Gasteiger partial charge in [-0.05, 0) is 41.8 Å². The van der Waals surface area contributed by atoms with Gasteiger partial charge in [0.1, 0.15) is 5.75 Å². The van der Waals surface area contributed by atoms with Gasteiger partial charge in [-0.1, -0.05) is 24.3 Å². The lowest BCUT2D eigenvalue weighted by molar-refractivity contribution is 0.414. The molecule has 0 aromatic heterocycles. The molecular formula is C18H25IN4O3S. The fourth-order valence-corrected chi connectivity index (χ4v) is 2.88. The first-order valence-electron chi connectivity index (χ1n) is 8.11. The number of primary sulfonamides is 1. The molecule has 2 rings (SSSR count). The van der Waals surface area contributed by atoms with Gasteiger partial charge in [0.25, 0.3) is 0 Å². The van der Waals surface area contributed by atoms with E-state index in [0.29, 0.717) is 19.0 Å². The van der Waals surface area contributed by atoms with Crippen LogP contribution in [-0.2, 0) is 23.0 Å². The molecule has 0 amide bonds. The number of rotatable bonds is 7. The Labute approximate surface area is 177 Å². The molecule has 0 fully saturated rings. The van der Waals surface area contributed by atoms with E-state index in [4.69, 9.17) is 9.88 Å². The van der Waals surface area contributed by atoms with Crippen LogP contribution in [0.1, 0.15) is 11.1 Å². The van der Waals surface area contributed by atoms with Crippen molar-refractivity contribution in [3.63, 3.8) is 0 Å². The van der Waals surface area contributed by atoms with Crippen molar-refractivity contribution in [3.8, 4) is 5.75 Å². The third kappa shape index (κ3) is 7.73. The standard InChI is InChI=1S/C18H24N4O3S.HI/c1-20-18(22-13-15-4-3-5-16(12-15)25-2)21-11-10-14-6-8-17(9-7-14)26(19,23)24;/h3-9,12H,10-11,13H2,1-2H3,(H2,19,23,24)(H2,20,21,22);1H. The monoisotopic (exact) mass is 504 g/mol. The number of nitrogens with one attached hydrogen (secondary N) is 2. The molecular weight excluding hydrogens is 479 g/mol. The maximum Gasteiger partial charge on any atom is 0.238 e. The molecule has 27 heavy (non-hydrogen) atoms. The molecule has 9 heteroatoms. The number of aliphatic imine (C=N–C) groups is 1. The Kier molecular flexibility index (Phi) is 9.53. The summed E-state index contributed by atoms with van der Waals surface area (Å²) in [6.07, 6.45) is 0.727. The van der Waals surface area contributed by atoms with E-state index >= 15 is 0 Å². The van der Waals surface area contributed by atoms with Crippen molar-refractivity contribution in [1.82, 2.24) is 10.6 Å². The number of benzene rings is 2. The summed E-state index contributed by atoms with van der Waals surface area (Å²) in [5, 5.41) is 11.6. The van der Waals surface area contributed by atoms with E-state index in [0.717, 1.165) is 23.3 Å². The maximum atomic E-state index is 11.2. The van der Waals surface area contributed by atoms with Crippen LogP contribution in [-0.4, -0.2) is 35.1 Å². The summed E-state index contributed by atoms with van der Waals surface area (Å²) in [5.41, 5.74) is 2.10. The van der Waals surface area contributed by atoms with Gasteiger partial charge in [0.15, 0.2) is 5.96 Å². The van der Waals surface area contributed by atoms with Gasteiger partial charge in [-0.2, -0.15) is 0 Å². The van der Waals surface area contributed by atoms with Crippen molar-refractivity contribution in [2.45, 2.75) is 17.9 Å². The van der Waals surface area contributed by atoms with Crippen molar-refractivity contribution in [1.29, 1.82) is 0 Å². The topological polar surface area (TPSA) is 106 Å².